The maximum Gasteiger partial charge on any atom is 0.498 e. The van der Waals surface area contributed by atoms with Crippen LogP contribution >= 0.6 is 0 Å². The molecule has 0 N–H and O–H groups in total. The summed E-state index contributed by atoms with van der Waals surface area (Å²) in [6, 6.07) is 9.66. The van der Waals surface area contributed by atoms with E-state index in [0.29, 0.717) is 19.6 Å². The van der Waals surface area contributed by atoms with Gasteiger partial charge in [-0.2, -0.15) is 5.10 Å². The molecule has 2 aromatic rings. The van der Waals surface area contributed by atoms with E-state index in [9.17, 15) is 4.79 Å². The van der Waals surface area contributed by atoms with E-state index in [1.54, 1.807) is 15.8 Å². The van der Waals surface area contributed by atoms with Crippen LogP contribution in [-0.2, 0) is 27.2 Å². The minimum absolute atomic E-state index is 0.268. The molecule has 1 amide bonds. The van der Waals surface area contributed by atoms with Gasteiger partial charge in [0.15, 0.2) is 0 Å². The van der Waals surface area contributed by atoms with Crippen LogP contribution in [-0.4, -0.2) is 52.2 Å². The lowest BCUT2D eigenvalue weighted by Gasteiger charge is -2.32. The highest BCUT2D eigenvalue weighted by atomic mass is 16.7. The standard InChI is InChI=1S/C21H30BN3O4/c1-6-24(19(26)27-16-17-10-8-7-9-11-17)12-13-25-15-18(14-23-25)22-28-20(2,3)21(4,5)29-22/h7-11,14-15H,6,12-13,16H2,1-5H3. The number of nitrogens with zero attached hydrogens (tertiary/aromatic N) is 3. The quantitative estimate of drug-likeness (QED) is 0.670. The molecule has 2 heterocycles. The lowest BCUT2D eigenvalue weighted by Crippen LogP contribution is -2.41. The number of aromatic nitrogens is 2. The Morgan fingerprint density at radius 2 is 1.83 bits per heavy atom. The molecule has 29 heavy (non-hydrogen) atoms. The van der Waals surface area contributed by atoms with Gasteiger partial charge in [-0.1, -0.05) is 30.3 Å². The molecule has 0 spiro atoms. The van der Waals surface area contributed by atoms with E-state index >= 15 is 0 Å². The molecule has 7 nitrogen and oxygen atoms in total. The average Bonchev–Trinajstić information content (AvgIpc) is 3.23. The van der Waals surface area contributed by atoms with Gasteiger partial charge in [-0.15, -0.1) is 0 Å². The van der Waals surface area contributed by atoms with Crippen LogP contribution in [0, 0.1) is 0 Å². The van der Waals surface area contributed by atoms with Crippen LogP contribution in [0.4, 0.5) is 4.79 Å². The first kappa shape index (κ1) is 21.4. The second kappa shape index (κ2) is 8.59. The van der Waals surface area contributed by atoms with Crippen LogP contribution in [0.15, 0.2) is 42.7 Å². The number of hydrogen-bond acceptors (Lipinski definition) is 5. The fourth-order valence-electron chi connectivity index (χ4n) is 3.01. The molecule has 1 aliphatic heterocycles. The SMILES string of the molecule is CCN(CCn1cc(B2OC(C)(C)C(C)(C)O2)cn1)C(=O)OCc1ccccc1. The summed E-state index contributed by atoms with van der Waals surface area (Å²) in [5.41, 5.74) is 1.07. The van der Waals surface area contributed by atoms with Crippen molar-refractivity contribution in [2.45, 2.75) is 59.0 Å². The zero-order chi connectivity index (χ0) is 21.1. The molecule has 1 fully saturated rings. The van der Waals surface area contributed by atoms with E-state index in [1.807, 2.05) is 71.1 Å². The van der Waals surface area contributed by atoms with Gasteiger partial charge >= 0.3 is 13.2 Å². The fourth-order valence-corrected chi connectivity index (χ4v) is 3.01. The molecule has 1 aromatic heterocycles. The summed E-state index contributed by atoms with van der Waals surface area (Å²) in [6.45, 7) is 11.9. The van der Waals surface area contributed by atoms with Crippen molar-refractivity contribution in [1.29, 1.82) is 0 Å². The minimum atomic E-state index is -0.438. The number of carbonyl (C=O) groups excluding carboxylic acids is 1. The number of benzene rings is 1. The number of likely N-dealkylation sites (N-methyl/N-ethyl adjacent to an activating group) is 1. The number of hydrogen-bond donors (Lipinski definition) is 0. The molecule has 156 valence electrons. The highest BCUT2D eigenvalue weighted by molar-refractivity contribution is 6.61. The van der Waals surface area contributed by atoms with E-state index in [0.717, 1.165) is 11.0 Å². The third kappa shape index (κ3) is 5.00. The van der Waals surface area contributed by atoms with E-state index in [-0.39, 0.29) is 23.9 Å². The van der Waals surface area contributed by atoms with Crippen molar-refractivity contribution in [2.24, 2.45) is 0 Å². The fraction of sp³-hybridized carbons (Fsp3) is 0.524. The number of ether oxygens (including phenoxy) is 1. The Morgan fingerprint density at radius 1 is 1.17 bits per heavy atom. The zero-order valence-electron chi connectivity index (χ0n) is 17.9. The monoisotopic (exact) mass is 399 g/mol. The van der Waals surface area contributed by atoms with Crippen LogP contribution in [0.5, 0.6) is 0 Å². The Balaban J connectivity index is 1.52. The maximum atomic E-state index is 12.4. The summed E-state index contributed by atoms with van der Waals surface area (Å²) in [4.78, 5) is 14.0. The first-order chi connectivity index (χ1) is 13.7. The minimum Gasteiger partial charge on any atom is -0.445 e. The molecule has 0 unspecified atom stereocenters. The van der Waals surface area contributed by atoms with Gasteiger partial charge in [-0.05, 0) is 40.2 Å². The topological polar surface area (TPSA) is 65.8 Å². The smallest absolute Gasteiger partial charge is 0.445 e. The van der Waals surface area contributed by atoms with Gasteiger partial charge < -0.3 is 18.9 Å². The summed E-state index contributed by atoms with van der Waals surface area (Å²) in [5, 5.41) is 4.39. The van der Waals surface area contributed by atoms with Gasteiger partial charge in [0.05, 0.1) is 17.7 Å². The number of rotatable bonds is 7. The third-order valence-corrected chi connectivity index (χ3v) is 5.62. The number of amides is 1. The van der Waals surface area contributed by atoms with E-state index in [1.165, 1.54) is 0 Å². The summed E-state index contributed by atoms with van der Waals surface area (Å²) in [7, 11) is -0.438. The second-order valence-electron chi connectivity index (χ2n) is 8.24. The Kier molecular flexibility index (Phi) is 6.34. The molecule has 0 saturated carbocycles. The van der Waals surface area contributed by atoms with Gasteiger partial charge in [0.1, 0.15) is 6.61 Å². The largest absolute Gasteiger partial charge is 0.498 e. The van der Waals surface area contributed by atoms with Gasteiger partial charge in [-0.25, -0.2) is 4.79 Å². The maximum absolute atomic E-state index is 12.4. The molecule has 1 aliphatic rings. The van der Waals surface area contributed by atoms with E-state index in [2.05, 4.69) is 5.10 Å². The second-order valence-corrected chi connectivity index (χ2v) is 8.24. The van der Waals surface area contributed by atoms with E-state index < -0.39 is 7.12 Å². The van der Waals surface area contributed by atoms with Crippen molar-refractivity contribution in [1.82, 2.24) is 14.7 Å². The Bertz CT molecular complexity index is 806. The van der Waals surface area contributed by atoms with Crippen molar-refractivity contribution in [3.05, 3.63) is 48.3 Å². The molecular formula is C21H30BN3O4. The normalized spacial score (nSPS) is 17.3. The lowest BCUT2D eigenvalue weighted by atomic mass is 9.82. The van der Waals surface area contributed by atoms with Gasteiger partial charge in [0.25, 0.3) is 0 Å². The Hall–Kier alpha value is -2.32. The summed E-state index contributed by atoms with van der Waals surface area (Å²) >= 11 is 0. The van der Waals surface area contributed by atoms with Crippen molar-refractivity contribution in [2.75, 3.05) is 13.1 Å². The van der Waals surface area contributed by atoms with E-state index in [4.69, 9.17) is 14.0 Å². The Labute approximate surface area is 173 Å². The van der Waals surface area contributed by atoms with Crippen molar-refractivity contribution < 1.29 is 18.8 Å². The average molecular weight is 399 g/mol. The van der Waals surface area contributed by atoms with Crippen molar-refractivity contribution in [3.63, 3.8) is 0 Å². The van der Waals surface area contributed by atoms with Crippen LogP contribution < -0.4 is 5.46 Å². The molecule has 0 bridgehead atoms. The number of carbonyl (C=O) groups is 1. The first-order valence-corrected chi connectivity index (χ1v) is 10.1. The zero-order valence-corrected chi connectivity index (χ0v) is 17.9. The molecule has 8 heteroatoms. The van der Waals surface area contributed by atoms with Crippen LogP contribution in [0.25, 0.3) is 0 Å². The highest BCUT2D eigenvalue weighted by Crippen LogP contribution is 2.36. The predicted octanol–water partition coefficient (Wildman–Crippen LogP) is 2.84. The first-order valence-electron chi connectivity index (χ1n) is 10.1. The Morgan fingerprint density at radius 3 is 2.45 bits per heavy atom. The van der Waals surface area contributed by atoms with Gasteiger partial charge in [0, 0.05) is 30.9 Å². The van der Waals surface area contributed by atoms with Gasteiger partial charge in [-0.3, -0.25) is 4.68 Å². The van der Waals surface area contributed by atoms with Gasteiger partial charge in [0.2, 0.25) is 0 Å². The summed E-state index contributed by atoms with van der Waals surface area (Å²) in [5.74, 6) is 0. The molecular weight excluding hydrogens is 369 g/mol. The molecule has 0 aliphatic carbocycles. The molecule has 0 atom stereocenters. The van der Waals surface area contributed by atoms with Crippen LogP contribution in [0.2, 0.25) is 0 Å². The molecule has 3 rings (SSSR count). The summed E-state index contributed by atoms with van der Waals surface area (Å²) < 4.78 is 19.3. The molecule has 1 saturated heterocycles. The highest BCUT2D eigenvalue weighted by Gasteiger charge is 2.52. The predicted molar refractivity (Wildman–Crippen MR) is 112 cm³/mol. The van der Waals surface area contributed by atoms with Crippen molar-refractivity contribution in [3.8, 4) is 0 Å². The molecule has 1 aromatic carbocycles. The summed E-state index contributed by atoms with van der Waals surface area (Å²) in [6.07, 6.45) is 3.34. The lowest BCUT2D eigenvalue weighted by molar-refractivity contribution is 0.00578. The third-order valence-electron chi connectivity index (χ3n) is 5.62. The van der Waals surface area contributed by atoms with Crippen LogP contribution in [0.3, 0.4) is 0 Å². The van der Waals surface area contributed by atoms with Crippen molar-refractivity contribution >= 4 is 18.7 Å². The molecule has 0 radical (unpaired) electrons. The van der Waals surface area contributed by atoms with Crippen LogP contribution in [0.1, 0.15) is 40.2 Å².